The van der Waals surface area contributed by atoms with Crippen molar-refractivity contribution in [3.63, 3.8) is 0 Å². The third-order valence-corrected chi connectivity index (χ3v) is 2.71. The van der Waals surface area contributed by atoms with Gasteiger partial charge < -0.3 is 0 Å². The van der Waals surface area contributed by atoms with Gasteiger partial charge in [0.25, 0.3) is 0 Å². The molecular formula is C6H6I-. The maximum absolute atomic E-state index is 3.04. The summed E-state index contributed by atoms with van der Waals surface area (Å²) in [6.45, 7) is 2.17. The van der Waals surface area contributed by atoms with E-state index in [1.165, 1.54) is 3.58 Å². The Hall–Kier alpha value is -0.0100. The van der Waals surface area contributed by atoms with Crippen LogP contribution in [0.5, 0.6) is 0 Å². The van der Waals surface area contributed by atoms with E-state index < -0.39 is 0 Å². The van der Waals surface area contributed by atoms with Crippen LogP contribution in [0.1, 0.15) is 6.92 Å². The molecule has 0 aliphatic carbocycles. The molecule has 1 heteroatoms. The summed E-state index contributed by atoms with van der Waals surface area (Å²) in [4.78, 5) is 0. The van der Waals surface area contributed by atoms with Crippen LogP contribution in [0, 0.1) is 0 Å². The van der Waals surface area contributed by atoms with Gasteiger partial charge in [0, 0.05) is 0 Å². The molecule has 0 aromatic heterocycles. The Kier molecular flexibility index (Phi) is 1.71. The van der Waals surface area contributed by atoms with Gasteiger partial charge in [0.2, 0.25) is 0 Å². The molecule has 0 fully saturated rings. The summed E-state index contributed by atoms with van der Waals surface area (Å²) < 4.78 is 3.67. The van der Waals surface area contributed by atoms with Gasteiger partial charge in [-0.1, -0.05) is 0 Å². The van der Waals surface area contributed by atoms with Crippen molar-refractivity contribution >= 4 is 0 Å². The summed E-state index contributed by atoms with van der Waals surface area (Å²) in [5.74, 6) is 0. The van der Waals surface area contributed by atoms with Gasteiger partial charge in [0.15, 0.2) is 0 Å². The molecule has 1 heterocycles. The summed E-state index contributed by atoms with van der Waals surface area (Å²) in [5.41, 5.74) is 3.04. The monoisotopic (exact) mass is 205 g/mol. The molecule has 0 atom stereocenters. The third kappa shape index (κ3) is 1.49. The van der Waals surface area contributed by atoms with Crippen LogP contribution in [-0.2, 0) is 0 Å². The van der Waals surface area contributed by atoms with Crippen LogP contribution in [0.3, 0.4) is 0 Å². The average Bonchev–Trinajstić information content (AvgIpc) is 1.69. The topological polar surface area (TPSA) is 0 Å². The molecule has 0 unspecified atom stereocenters. The molecule has 0 radical (unpaired) electrons. The van der Waals surface area contributed by atoms with E-state index in [4.69, 9.17) is 0 Å². The third-order valence-electron chi connectivity index (χ3n) is 0.699. The van der Waals surface area contributed by atoms with Crippen LogP contribution in [0.2, 0.25) is 0 Å². The van der Waals surface area contributed by atoms with Crippen molar-refractivity contribution in [3.05, 3.63) is 25.5 Å². The minimum absolute atomic E-state index is 0.246. The van der Waals surface area contributed by atoms with Crippen molar-refractivity contribution in [2.75, 3.05) is 0 Å². The number of halogens is 1. The van der Waals surface area contributed by atoms with Gasteiger partial charge in [-0.3, -0.25) is 0 Å². The second kappa shape index (κ2) is 2.34. The molecule has 1 aliphatic heterocycles. The van der Waals surface area contributed by atoms with Gasteiger partial charge in [0.05, 0.1) is 0 Å². The SMILES string of the molecule is CC1=CC=C=C[I-]1. The van der Waals surface area contributed by atoms with Gasteiger partial charge in [-0.2, -0.15) is 0 Å². The Morgan fingerprint density at radius 1 is 1.71 bits per heavy atom. The van der Waals surface area contributed by atoms with Gasteiger partial charge in [0.1, 0.15) is 0 Å². The molecule has 0 bridgehead atoms. The average molecular weight is 205 g/mol. The van der Waals surface area contributed by atoms with Crippen LogP contribution < -0.4 is 21.2 Å². The maximum atomic E-state index is 3.04. The predicted octanol–water partition coefficient (Wildman–Crippen LogP) is -1.34. The first kappa shape index (κ1) is 5.13. The molecule has 1 rings (SSSR count). The molecule has 0 amide bonds. The second-order valence-corrected chi connectivity index (χ2v) is 4.25. The van der Waals surface area contributed by atoms with Crippen molar-refractivity contribution in [3.8, 4) is 0 Å². The van der Waals surface area contributed by atoms with Crippen LogP contribution in [0.15, 0.2) is 25.5 Å². The molecular weight excluding hydrogens is 199 g/mol. The summed E-state index contributed by atoms with van der Waals surface area (Å²) in [6.07, 6.45) is 4.10. The first-order chi connectivity index (χ1) is 3.39. The summed E-state index contributed by atoms with van der Waals surface area (Å²) in [5, 5.41) is 0. The zero-order valence-corrected chi connectivity index (χ0v) is 6.27. The number of hydrogen-bond donors (Lipinski definition) is 0. The molecule has 0 nitrogen and oxygen atoms in total. The van der Waals surface area contributed by atoms with Crippen molar-refractivity contribution in [2.24, 2.45) is 0 Å². The van der Waals surface area contributed by atoms with E-state index >= 15 is 0 Å². The first-order valence-corrected chi connectivity index (χ1v) is 4.43. The van der Waals surface area contributed by atoms with Crippen LogP contribution in [0.25, 0.3) is 0 Å². The van der Waals surface area contributed by atoms with Crippen molar-refractivity contribution in [1.82, 2.24) is 0 Å². The quantitative estimate of drug-likeness (QED) is 0.339. The van der Waals surface area contributed by atoms with Gasteiger partial charge in [-0.05, 0) is 0 Å². The van der Waals surface area contributed by atoms with Gasteiger partial charge in [-0.15, -0.1) is 0 Å². The molecule has 0 spiro atoms. The molecule has 1 aliphatic rings. The van der Waals surface area contributed by atoms with E-state index in [9.17, 15) is 0 Å². The summed E-state index contributed by atoms with van der Waals surface area (Å²) in [7, 11) is 0. The molecule has 0 saturated heterocycles. The molecule has 0 aromatic carbocycles. The Balaban J connectivity index is 2.77. The normalized spacial score (nSPS) is 18.1. The Bertz CT molecular complexity index is 148. The Morgan fingerprint density at radius 2 is 2.57 bits per heavy atom. The van der Waals surface area contributed by atoms with E-state index in [1.54, 1.807) is 0 Å². The minimum atomic E-state index is 0.246. The van der Waals surface area contributed by atoms with Crippen LogP contribution in [-0.4, -0.2) is 0 Å². The predicted molar refractivity (Wildman–Crippen MR) is 26.4 cm³/mol. The second-order valence-electron chi connectivity index (χ2n) is 1.30. The fourth-order valence-corrected chi connectivity index (χ4v) is 1.62. The van der Waals surface area contributed by atoms with Crippen molar-refractivity contribution < 1.29 is 21.2 Å². The number of allylic oxidation sites excluding steroid dienone is 3. The molecule has 0 aromatic rings. The first-order valence-electron chi connectivity index (χ1n) is 2.11. The zero-order chi connectivity index (χ0) is 5.11. The Labute approximate surface area is 53.9 Å². The Morgan fingerprint density at radius 3 is 2.86 bits per heavy atom. The molecule has 7 heavy (non-hydrogen) atoms. The zero-order valence-electron chi connectivity index (χ0n) is 4.11. The fraction of sp³-hybridized carbons (Fsp3) is 0.167. The molecule has 38 valence electrons. The van der Waals surface area contributed by atoms with E-state index in [2.05, 4.69) is 22.8 Å². The van der Waals surface area contributed by atoms with Crippen LogP contribution in [0.4, 0.5) is 0 Å². The summed E-state index contributed by atoms with van der Waals surface area (Å²) >= 11 is 0.246. The van der Waals surface area contributed by atoms with E-state index in [-0.39, 0.29) is 21.2 Å². The van der Waals surface area contributed by atoms with Gasteiger partial charge in [-0.25, -0.2) is 0 Å². The van der Waals surface area contributed by atoms with Crippen molar-refractivity contribution in [1.29, 1.82) is 0 Å². The molecule has 0 saturated carbocycles. The van der Waals surface area contributed by atoms with Gasteiger partial charge >= 0.3 is 53.7 Å². The van der Waals surface area contributed by atoms with E-state index in [1.807, 2.05) is 6.08 Å². The van der Waals surface area contributed by atoms with E-state index in [0.29, 0.717) is 0 Å². The standard InChI is InChI=1S/C6H6I/c1-6-4-2-3-5-7-6/h2,4-5H,1H3/q-1. The van der Waals surface area contributed by atoms with Crippen LogP contribution >= 0.6 is 0 Å². The number of hydrogen-bond acceptors (Lipinski definition) is 0. The summed E-state index contributed by atoms with van der Waals surface area (Å²) in [6, 6.07) is 0. The molecule has 0 N–H and O–H groups in total. The van der Waals surface area contributed by atoms with E-state index in [0.717, 1.165) is 0 Å². The fourth-order valence-electron chi connectivity index (χ4n) is 0.353. The van der Waals surface area contributed by atoms with Crippen molar-refractivity contribution in [2.45, 2.75) is 6.92 Å². The number of rotatable bonds is 0.